The Morgan fingerprint density at radius 1 is 1.18 bits per heavy atom. The molecule has 0 N–H and O–H groups in total. The maximum atomic E-state index is 14.2. The Balaban J connectivity index is 1.47. The molecule has 33 heavy (non-hydrogen) atoms. The van der Waals surface area contributed by atoms with Crippen molar-refractivity contribution in [1.29, 1.82) is 0 Å². The number of fused-ring (bicyclic) bond motifs is 1. The molecule has 1 fully saturated rings. The molecule has 0 radical (unpaired) electrons. The van der Waals surface area contributed by atoms with Crippen LogP contribution in [0.25, 0.3) is 11.0 Å². The Morgan fingerprint density at radius 2 is 1.94 bits per heavy atom. The molecule has 2 aromatic carbocycles. The number of para-hydroxylation sites is 2. The molecule has 3 aromatic rings. The van der Waals surface area contributed by atoms with Crippen molar-refractivity contribution in [2.75, 3.05) is 46.5 Å². The summed E-state index contributed by atoms with van der Waals surface area (Å²) in [5.74, 6) is -1.27. The lowest BCUT2D eigenvalue weighted by atomic mass is 10.1. The lowest BCUT2D eigenvalue weighted by Crippen LogP contribution is -2.51. The molecule has 172 valence electrons. The maximum Gasteiger partial charge on any atom is 0.274 e. The van der Waals surface area contributed by atoms with E-state index in [0.29, 0.717) is 30.8 Å². The van der Waals surface area contributed by atoms with E-state index in [2.05, 4.69) is 9.97 Å². The number of halogens is 1. The third kappa shape index (κ3) is 5.32. The quantitative estimate of drug-likeness (QED) is 0.547. The first kappa shape index (κ1) is 22.8. The second-order valence-corrected chi connectivity index (χ2v) is 7.71. The molecule has 1 aromatic heterocycles. The van der Waals surface area contributed by atoms with Crippen LogP contribution in [-0.2, 0) is 9.47 Å². The van der Waals surface area contributed by atoms with Gasteiger partial charge in [0.2, 0.25) is 0 Å². The fraction of sp³-hybridized carbons (Fsp3) is 0.333. The first-order valence-corrected chi connectivity index (χ1v) is 10.7. The number of hydrogen-bond acceptors (Lipinski definition) is 6. The summed E-state index contributed by atoms with van der Waals surface area (Å²) < 4.78 is 25.1. The number of amides is 2. The molecule has 2 amide bonds. The van der Waals surface area contributed by atoms with Crippen molar-refractivity contribution in [2.24, 2.45) is 0 Å². The van der Waals surface area contributed by atoms with Gasteiger partial charge in [0.25, 0.3) is 11.8 Å². The summed E-state index contributed by atoms with van der Waals surface area (Å²) in [6, 6.07) is 13.2. The SMILES string of the molecule is COCCN(CC1CN(C(=O)c2cnc3ccccc3n2)CCO1)C(=O)c1ccccc1F. The van der Waals surface area contributed by atoms with Gasteiger partial charge in [0, 0.05) is 33.3 Å². The van der Waals surface area contributed by atoms with Crippen molar-refractivity contribution in [3.63, 3.8) is 0 Å². The van der Waals surface area contributed by atoms with E-state index < -0.39 is 17.8 Å². The second-order valence-electron chi connectivity index (χ2n) is 7.71. The number of aromatic nitrogens is 2. The molecule has 1 saturated heterocycles. The Labute approximate surface area is 190 Å². The van der Waals surface area contributed by atoms with E-state index in [9.17, 15) is 14.0 Å². The van der Waals surface area contributed by atoms with E-state index in [1.54, 1.807) is 11.0 Å². The van der Waals surface area contributed by atoms with Crippen LogP contribution < -0.4 is 0 Å². The number of methoxy groups -OCH3 is 1. The Kier molecular flexibility index (Phi) is 7.21. The van der Waals surface area contributed by atoms with Gasteiger partial charge in [-0.25, -0.2) is 9.37 Å². The van der Waals surface area contributed by atoms with E-state index in [4.69, 9.17) is 9.47 Å². The predicted molar refractivity (Wildman–Crippen MR) is 119 cm³/mol. The van der Waals surface area contributed by atoms with Crippen LogP contribution in [0.1, 0.15) is 20.8 Å². The van der Waals surface area contributed by atoms with Crippen molar-refractivity contribution in [1.82, 2.24) is 19.8 Å². The highest BCUT2D eigenvalue weighted by atomic mass is 19.1. The van der Waals surface area contributed by atoms with Gasteiger partial charge in [-0.1, -0.05) is 24.3 Å². The molecule has 0 spiro atoms. The van der Waals surface area contributed by atoms with Crippen LogP contribution in [0.5, 0.6) is 0 Å². The smallest absolute Gasteiger partial charge is 0.274 e. The molecule has 1 atom stereocenters. The van der Waals surface area contributed by atoms with E-state index in [-0.39, 0.29) is 36.8 Å². The first-order valence-electron chi connectivity index (χ1n) is 10.7. The largest absolute Gasteiger partial charge is 0.383 e. The highest BCUT2D eigenvalue weighted by Gasteiger charge is 2.29. The van der Waals surface area contributed by atoms with Crippen molar-refractivity contribution in [3.8, 4) is 0 Å². The summed E-state index contributed by atoms with van der Waals surface area (Å²) in [4.78, 5) is 37.9. The van der Waals surface area contributed by atoms with Gasteiger partial charge in [0.1, 0.15) is 11.5 Å². The molecule has 0 aliphatic carbocycles. The van der Waals surface area contributed by atoms with E-state index in [0.717, 1.165) is 0 Å². The Morgan fingerprint density at radius 3 is 2.73 bits per heavy atom. The number of carbonyl (C=O) groups excluding carboxylic acids is 2. The Hall–Kier alpha value is -3.43. The molecule has 9 heteroatoms. The predicted octanol–water partition coefficient (Wildman–Crippen LogP) is 2.40. The van der Waals surface area contributed by atoms with Gasteiger partial charge in [-0.3, -0.25) is 14.6 Å². The monoisotopic (exact) mass is 452 g/mol. The zero-order valence-electron chi connectivity index (χ0n) is 18.3. The molecule has 2 heterocycles. The van der Waals surface area contributed by atoms with E-state index >= 15 is 0 Å². The average Bonchev–Trinajstić information content (AvgIpc) is 2.86. The van der Waals surface area contributed by atoms with Crippen LogP contribution in [0.2, 0.25) is 0 Å². The van der Waals surface area contributed by atoms with Crippen LogP contribution >= 0.6 is 0 Å². The molecule has 4 rings (SSSR count). The van der Waals surface area contributed by atoms with Crippen LogP contribution in [0.4, 0.5) is 4.39 Å². The van der Waals surface area contributed by atoms with Gasteiger partial charge >= 0.3 is 0 Å². The van der Waals surface area contributed by atoms with Crippen LogP contribution in [0.15, 0.2) is 54.7 Å². The van der Waals surface area contributed by atoms with E-state index in [1.165, 1.54) is 36.4 Å². The van der Waals surface area contributed by atoms with Crippen molar-refractivity contribution < 1.29 is 23.5 Å². The van der Waals surface area contributed by atoms with E-state index in [1.807, 2.05) is 24.3 Å². The molecular formula is C24H25FN4O4. The first-order chi connectivity index (χ1) is 16.1. The zero-order valence-corrected chi connectivity index (χ0v) is 18.3. The number of carbonyl (C=O) groups is 2. The summed E-state index contributed by atoms with van der Waals surface area (Å²) in [7, 11) is 1.54. The topological polar surface area (TPSA) is 84.9 Å². The molecule has 1 unspecified atom stereocenters. The number of hydrogen-bond donors (Lipinski definition) is 0. The number of nitrogens with zero attached hydrogens (tertiary/aromatic N) is 4. The fourth-order valence-corrected chi connectivity index (χ4v) is 3.76. The number of benzene rings is 2. The fourth-order valence-electron chi connectivity index (χ4n) is 3.76. The van der Waals surface area contributed by atoms with Gasteiger partial charge in [-0.15, -0.1) is 0 Å². The molecule has 8 nitrogen and oxygen atoms in total. The third-order valence-corrected chi connectivity index (χ3v) is 5.47. The molecular weight excluding hydrogens is 427 g/mol. The maximum absolute atomic E-state index is 14.2. The highest BCUT2D eigenvalue weighted by Crippen LogP contribution is 2.16. The zero-order chi connectivity index (χ0) is 23.2. The highest BCUT2D eigenvalue weighted by molar-refractivity contribution is 5.95. The van der Waals surface area contributed by atoms with Gasteiger partial charge in [-0.2, -0.15) is 0 Å². The second kappa shape index (κ2) is 10.5. The molecule has 1 aliphatic heterocycles. The van der Waals surface area contributed by atoms with Crippen molar-refractivity contribution in [2.45, 2.75) is 6.10 Å². The normalized spacial score (nSPS) is 16.1. The lowest BCUT2D eigenvalue weighted by Gasteiger charge is -2.35. The standard InChI is InChI=1S/C24H25FN4O4/c1-32-12-10-28(23(30)18-6-2-3-7-19(18)25)15-17-16-29(11-13-33-17)24(31)22-14-26-20-8-4-5-9-21(20)27-22/h2-9,14,17H,10-13,15-16H2,1H3. The van der Waals surface area contributed by atoms with Gasteiger partial charge in [-0.05, 0) is 24.3 Å². The summed E-state index contributed by atoms with van der Waals surface area (Å²) in [5.41, 5.74) is 1.61. The van der Waals surface area contributed by atoms with Crippen LogP contribution in [-0.4, -0.2) is 84.2 Å². The van der Waals surface area contributed by atoms with Crippen LogP contribution in [0, 0.1) is 5.82 Å². The Bertz CT molecular complexity index is 1140. The summed E-state index contributed by atoms with van der Waals surface area (Å²) in [6.45, 7) is 1.77. The minimum absolute atomic E-state index is 0.0104. The van der Waals surface area contributed by atoms with Gasteiger partial charge in [0.15, 0.2) is 0 Å². The summed E-state index contributed by atoms with van der Waals surface area (Å²) >= 11 is 0. The van der Waals surface area contributed by atoms with Crippen LogP contribution in [0.3, 0.4) is 0 Å². The molecule has 0 saturated carbocycles. The minimum atomic E-state index is -0.582. The van der Waals surface area contributed by atoms with Gasteiger partial charge in [0.05, 0.1) is 42.1 Å². The number of rotatable bonds is 7. The lowest BCUT2D eigenvalue weighted by molar-refractivity contribution is -0.0348. The van der Waals surface area contributed by atoms with Crippen molar-refractivity contribution in [3.05, 3.63) is 71.8 Å². The minimum Gasteiger partial charge on any atom is -0.383 e. The number of ether oxygens (including phenoxy) is 2. The molecule has 1 aliphatic rings. The third-order valence-electron chi connectivity index (χ3n) is 5.47. The number of morpholine rings is 1. The average molecular weight is 452 g/mol. The van der Waals surface area contributed by atoms with Crippen molar-refractivity contribution >= 4 is 22.8 Å². The molecule has 0 bridgehead atoms. The summed E-state index contributed by atoms with van der Waals surface area (Å²) in [5, 5.41) is 0. The summed E-state index contributed by atoms with van der Waals surface area (Å²) in [6.07, 6.45) is 1.05. The van der Waals surface area contributed by atoms with Gasteiger partial charge < -0.3 is 19.3 Å².